The minimum Gasteiger partial charge on any atom is -0.381 e. The smallest absolute Gasteiger partial charge is 0.241 e. The highest BCUT2D eigenvalue weighted by Gasteiger charge is 2.18. The molecule has 0 amide bonds. The van der Waals surface area contributed by atoms with E-state index in [0.29, 0.717) is 17.5 Å². The topological polar surface area (TPSA) is 90.1 Å². The molecule has 0 aliphatic carbocycles. The van der Waals surface area contributed by atoms with Crippen LogP contribution in [0, 0.1) is 5.92 Å². The van der Waals surface area contributed by atoms with E-state index >= 15 is 0 Å². The van der Waals surface area contributed by atoms with Gasteiger partial charge in [0, 0.05) is 48.4 Å². The summed E-state index contributed by atoms with van der Waals surface area (Å²) in [5, 5.41) is 7.78. The summed E-state index contributed by atoms with van der Waals surface area (Å²) in [6.45, 7) is 2.44. The quantitative estimate of drug-likeness (QED) is 0.609. The van der Waals surface area contributed by atoms with Gasteiger partial charge in [-0.05, 0) is 12.1 Å². The number of fused-ring (bicyclic) bond motifs is 2. The Labute approximate surface area is 142 Å². The summed E-state index contributed by atoms with van der Waals surface area (Å²) in [7, 11) is 0. The van der Waals surface area contributed by atoms with E-state index in [4.69, 9.17) is 4.74 Å². The zero-order valence-electron chi connectivity index (χ0n) is 13.3. The number of hydrogen-bond acceptors (Lipinski definition) is 7. The first kappa shape index (κ1) is 14.2. The van der Waals surface area contributed by atoms with Crippen LogP contribution < -0.4 is 5.32 Å². The van der Waals surface area contributed by atoms with Gasteiger partial charge < -0.3 is 10.1 Å². The molecule has 1 N–H and O–H groups in total. The Morgan fingerprint density at radius 2 is 2.04 bits per heavy atom. The molecule has 4 aromatic heterocycles. The first-order valence-electron chi connectivity index (χ1n) is 8.10. The highest BCUT2D eigenvalue weighted by atomic mass is 16.5. The largest absolute Gasteiger partial charge is 0.381 e. The van der Waals surface area contributed by atoms with Gasteiger partial charge in [0.15, 0.2) is 5.65 Å². The maximum Gasteiger partial charge on any atom is 0.241 e. The van der Waals surface area contributed by atoms with Gasteiger partial charge in [0.05, 0.1) is 24.9 Å². The second-order valence-electron chi connectivity index (χ2n) is 6.05. The molecule has 124 valence electrons. The van der Waals surface area contributed by atoms with Crippen molar-refractivity contribution in [2.45, 2.75) is 0 Å². The molecule has 8 heteroatoms. The summed E-state index contributed by atoms with van der Waals surface area (Å²) >= 11 is 0. The molecule has 0 aromatic carbocycles. The van der Waals surface area contributed by atoms with Gasteiger partial charge in [0.1, 0.15) is 5.52 Å². The minimum atomic E-state index is 0.546. The third kappa shape index (κ3) is 2.56. The van der Waals surface area contributed by atoms with Gasteiger partial charge in [-0.1, -0.05) is 0 Å². The van der Waals surface area contributed by atoms with Crippen LogP contribution in [0.25, 0.3) is 27.8 Å². The summed E-state index contributed by atoms with van der Waals surface area (Å²) < 4.78 is 7.00. The third-order valence-electron chi connectivity index (χ3n) is 4.31. The Balaban J connectivity index is 1.48. The second kappa shape index (κ2) is 5.75. The molecule has 0 radical (unpaired) electrons. The van der Waals surface area contributed by atoms with Gasteiger partial charge in [0.2, 0.25) is 5.95 Å². The van der Waals surface area contributed by atoms with Crippen molar-refractivity contribution in [2.75, 3.05) is 25.1 Å². The summed E-state index contributed by atoms with van der Waals surface area (Å²) in [4.78, 5) is 17.3. The number of anilines is 1. The Morgan fingerprint density at radius 1 is 1.12 bits per heavy atom. The van der Waals surface area contributed by atoms with Crippen LogP contribution in [0.5, 0.6) is 0 Å². The predicted molar refractivity (Wildman–Crippen MR) is 92.1 cm³/mol. The standard InChI is InChI=1S/C17H15N7O/c1-4-24-15(8-22-17(23-24)21-6-11-9-25-10-11)13(1)12-5-14-16(20-7-12)19-3-2-18-14/h1-5,7-8,11H,6,9-10H2,(H,21,23). The highest BCUT2D eigenvalue weighted by molar-refractivity contribution is 5.84. The SMILES string of the molecule is c1cnc2ncc(-c3ccn4nc(NCC5COC5)ncc34)cc2n1. The summed E-state index contributed by atoms with van der Waals surface area (Å²) in [5.41, 5.74) is 4.30. The molecule has 0 bridgehead atoms. The molecule has 4 aromatic rings. The van der Waals surface area contributed by atoms with Crippen molar-refractivity contribution in [3.63, 3.8) is 0 Å². The zero-order chi connectivity index (χ0) is 16.6. The first-order valence-corrected chi connectivity index (χ1v) is 8.10. The molecule has 1 aliphatic rings. The third-order valence-corrected chi connectivity index (χ3v) is 4.31. The number of aromatic nitrogens is 6. The van der Waals surface area contributed by atoms with Gasteiger partial charge in [-0.3, -0.25) is 4.98 Å². The Bertz CT molecular complexity index is 1060. The van der Waals surface area contributed by atoms with Crippen LogP contribution in [0.15, 0.2) is 43.1 Å². The van der Waals surface area contributed by atoms with E-state index in [-0.39, 0.29) is 0 Å². The molecule has 1 fully saturated rings. The molecular weight excluding hydrogens is 318 g/mol. The van der Waals surface area contributed by atoms with E-state index in [1.165, 1.54) is 0 Å². The number of ether oxygens (including phenoxy) is 1. The predicted octanol–water partition coefficient (Wildman–Crippen LogP) is 1.79. The van der Waals surface area contributed by atoms with Crippen LogP contribution in [0.2, 0.25) is 0 Å². The molecule has 0 spiro atoms. The van der Waals surface area contributed by atoms with E-state index in [0.717, 1.165) is 41.9 Å². The van der Waals surface area contributed by atoms with Crippen molar-refractivity contribution >= 4 is 22.6 Å². The van der Waals surface area contributed by atoms with Crippen LogP contribution in [0.4, 0.5) is 5.95 Å². The number of rotatable bonds is 4. The number of nitrogens with one attached hydrogen (secondary N) is 1. The van der Waals surface area contributed by atoms with Crippen molar-refractivity contribution in [2.24, 2.45) is 5.92 Å². The van der Waals surface area contributed by atoms with Gasteiger partial charge in [-0.15, -0.1) is 5.10 Å². The van der Waals surface area contributed by atoms with Gasteiger partial charge in [0.25, 0.3) is 0 Å². The van der Waals surface area contributed by atoms with Crippen molar-refractivity contribution in [1.82, 2.24) is 29.5 Å². The average Bonchev–Trinajstić information content (AvgIpc) is 3.03. The highest BCUT2D eigenvalue weighted by Crippen LogP contribution is 2.26. The lowest BCUT2D eigenvalue weighted by molar-refractivity contribution is -0.0249. The van der Waals surface area contributed by atoms with E-state index in [9.17, 15) is 0 Å². The molecule has 5 heterocycles. The Kier molecular flexibility index (Phi) is 3.27. The van der Waals surface area contributed by atoms with Gasteiger partial charge in [-0.25, -0.2) is 19.5 Å². The van der Waals surface area contributed by atoms with Crippen LogP contribution in [-0.2, 0) is 4.74 Å². The summed E-state index contributed by atoms with van der Waals surface area (Å²) in [6, 6.07) is 3.99. The van der Waals surface area contributed by atoms with Crippen molar-refractivity contribution in [3.05, 3.63) is 43.1 Å². The van der Waals surface area contributed by atoms with Crippen molar-refractivity contribution < 1.29 is 4.74 Å². The molecule has 0 saturated carbocycles. The van der Waals surface area contributed by atoms with Gasteiger partial charge >= 0.3 is 0 Å². The summed E-state index contributed by atoms with van der Waals surface area (Å²) in [5.74, 6) is 1.16. The fourth-order valence-corrected chi connectivity index (χ4v) is 2.87. The Hall–Kier alpha value is -3.13. The van der Waals surface area contributed by atoms with Crippen molar-refractivity contribution in [1.29, 1.82) is 0 Å². The van der Waals surface area contributed by atoms with Crippen LogP contribution in [0.1, 0.15) is 0 Å². The number of nitrogens with zero attached hydrogens (tertiary/aromatic N) is 6. The maximum atomic E-state index is 5.17. The van der Waals surface area contributed by atoms with E-state index in [1.807, 2.05) is 29.0 Å². The molecule has 1 aliphatic heterocycles. The monoisotopic (exact) mass is 333 g/mol. The first-order chi connectivity index (χ1) is 12.4. The molecule has 5 rings (SSSR count). The molecule has 0 atom stereocenters. The van der Waals surface area contributed by atoms with E-state index in [2.05, 4.69) is 30.4 Å². The maximum absolute atomic E-state index is 5.17. The summed E-state index contributed by atoms with van der Waals surface area (Å²) in [6.07, 6.45) is 8.85. The molecule has 25 heavy (non-hydrogen) atoms. The number of hydrogen-bond donors (Lipinski definition) is 1. The zero-order valence-corrected chi connectivity index (χ0v) is 13.3. The number of pyridine rings is 1. The van der Waals surface area contributed by atoms with Crippen LogP contribution in [0.3, 0.4) is 0 Å². The van der Waals surface area contributed by atoms with Crippen molar-refractivity contribution in [3.8, 4) is 11.1 Å². The Morgan fingerprint density at radius 3 is 2.92 bits per heavy atom. The molecule has 1 saturated heterocycles. The molecular formula is C17H15N7O. The van der Waals surface area contributed by atoms with Crippen LogP contribution >= 0.6 is 0 Å². The van der Waals surface area contributed by atoms with E-state index < -0.39 is 0 Å². The lowest BCUT2D eigenvalue weighted by atomic mass is 10.1. The fourth-order valence-electron chi connectivity index (χ4n) is 2.87. The lowest BCUT2D eigenvalue weighted by Crippen LogP contribution is -2.33. The second-order valence-corrected chi connectivity index (χ2v) is 6.05. The minimum absolute atomic E-state index is 0.546. The van der Waals surface area contributed by atoms with E-state index in [1.54, 1.807) is 18.6 Å². The fraction of sp³-hybridized carbons (Fsp3) is 0.235. The lowest BCUT2D eigenvalue weighted by Gasteiger charge is -2.25. The van der Waals surface area contributed by atoms with Gasteiger partial charge in [-0.2, -0.15) is 0 Å². The molecule has 0 unspecified atom stereocenters. The van der Waals surface area contributed by atoms with Crippen LogP contribution in [-0.4, -0.2) is 49.3 Å². The normalized spacial score (nSPS) is 14.7. The average molecular weight is 333 g/mol. The molecule has 8 nitrogen and oxygen atoms in total.